The fourth-order valence-electron chi connectivity index (χ4n) is 4.48. The Morgan fingerprint density at radius 1 is 1.10 bits per heavy atom. The lowest BCUT2D eigenvalue weighted by molar-refractivity contribution is -0.173. The minimum absolute atomic E-state index is 0.143. The maximum atomic E-state index is 13.9. The molecule has 0 aliphatic carbocycles. The first-order valence-corrected chi connectivity index (χ1v) is 10.2. The van der Waals surface area contributed by atoms with Gasteiger partial charge in [0, 0.05) is 24.4 Å². The minimum Gasteiger partial charge on any atom is -0.493 e. The molecule has 1 aromatic carbocycles. The van der Waals surface area contributed by atoms with Crippen molar-refractivity contribution in [3.8, 4) is 11.5 Å². The zero-order valence-corrected chi connectivity index (χ0v) is 17.3. The van der Waals surface area contributed by atoms with Gasteiger partial charge in [0.05, 0.1) is 26.0 Å². The molecule has 4 rings (SSSR count). The number of hydrogen-bond donors (Lipinski definition) is 2. The van der Waals surface area contributed by atoms with E-state index in [2.05, 4.69) is 22.7 Å². The van der Waals surface area contributed by atoms with Crippen LogP contribution in [0.25, 0.3) is 0 Å². The molecule has 4 atom stereocenters. The number of ether oxygens (including phenoxy) is 2. The van der Waals surface area contributed by atoms with Crippen LogP contribution in [0.1, 0.15) is 55.4 Å². The van der Waals surface area contributed by atoms with E-state index in [4.69, 9.17) is 9.47 Å². The summed E-state index contributed by atoms with van der Waals surface area (Å²) in [6, 6.07) is 5.13. The summed E-state index contributed by atoms with van der Waals surface area (Å²) in [5.41, 5.74) is 1.44. The number of methoxy groups -OCH3 is 2. The van der Waals surface area contributed by atoms with Crippen LogP contribution in [0.3, 0.4) is 0 Å². The molecule has 1 fully saturated rings. The first-order valence-electron chi connectivity index (χ1n) is 10.2. The lowest BCUT2D eigenvalue weighted by Crippen LogP contribution is -2.36. The summed E-state index contributed by atoms with van der Waals surface area (Å²) < 4.78 is 53.5. The van der Waals surface area contributed by atoms with Crippen LogP contribution in [0.2, 0.25) is 0 Å². The lowest BCUT2D eigenvalue weighted by Gasteiger charge is -2.33. The summed E-state index contributed by atoms with van der Waals surface area (Å²) in [6.07, 6.45) is -2.80. The second-order valence-corrected chi connectivity index (χ2v) is 8.08. The molecular formula is C21H27F3N4O2. The van der Waals surface area contributed by atoms with E-state index >= 15 is 0 Å². The van der Waals surface area contributed by atoms with Gasteiger partial charge < -0.3 is 20.1 Å². The number of hydrogen-bond acceptors (Lipinski definition) is 5. The maximum absolute atomic E-state index is 13.9. The van der Waals surface area contributed by atoms with E-state index < -0.39 is 18.3 Å². The number of anilines is 1. The van der Waals surface area contributed by atoms with Crippen molar-refractivity contribution in [1.82, 2.24) is 15.1 Å². The summed E-state index contributed by atoms with van der Waals surface area (Å²) in [4.78, 5) is 0. The van der Waals surface area contributed by atoms with Gasteiger partial charge in [-0.1, -0.05) is 6.07 Å². The van der Waals surface area contributed by atoms with Crippen LogP contribution in [0.15, 0.2) is 24.3 Å². The monoisotopic (exact) mass is 424 g/mol. The van der Waals surface area contributed by atoms with Crippen molar-refractivity contribution in [3.05, 3.63) is 35.5 Å². The Labute approximate surface area is 173 Å². The lowest BCUT2D eigenvalue weighted by atomic mass is 9.90. The fourth-order valence-corrected chi connectivity index (χ4v) is 4.48. The van der Waals surface area contributed by atoms with E-state index in [0.29, 0.717) is 28.9 Å². The topological polar surface area (TPSA) is 60.3 Å². The first-order chi connectivity index (χ1) is 14.3. The Balaban J connectivity index is 1.67. The number of nitrogens with zero attached hydrogens (tertiary/aromatic N) is 2. The van der Waals surface area contributed by atoms with Gasteiger partial charge in [-0.3, -0.25) is 0 Å². The predicted molar refractivity (Wildman–Crippen MR) is 107 cm³/mol. The number of alkyl halides is 3. The van der Waals surface area contributed by atoms with Crippen molar-refractivity contribution in [2.75, 3.05) is 26.1 Å². The van der Waals surface area contributed by atoms with Crippen LogP contribution < -0.4 is 20.1 Å². The second kappa shape index (κ2) is 8.02. The molecule has 1 aromatic heterocycles. The maximum Gasteiger partial charge on any atom is 0.410 e. The quantitative estimate of drug-likeness (QED) is 0.761. The van der Waals surface area contributed by atoms with E-state index in [9.17, 15) is 13.2 Å². The summed E-state index contributed by atoms with van der Waals surface area (Å²) in [7, 11) is 3.04. The molecule has 164 valence electrons. The molecule has 4 unspecified atom stereocenters. The third-order valence-corrected chi connectivity index (χ3v) is 6.06. The number of nitrogens with one attached hydrogen (secondary N) is 2. The Hall–Kier alpha value is -2.42. The standard InChI is InChI=1S/C21H27F3N4O2/c1-12-8-14(6-7-25-12)16-11-20-26-15(10-19(21(22,23)24)28(20)27-16)13-4-5-17(29-2)18(9-13)30-3/h4-5,9,11-12,14-15,19,25-26H,6-8,10H2,1-3H3. The Morgan fingerprint density at radius 2 is 1.87 bits per heavy atom. The summed E-state index contributed by atoms with van der Waals surface area (Å²) in [6.45, 7) is 2.93. The van der Waals surface area contributed by atoms with Crippen molar-refractivity contribution in [2.24, 2.45) is 0 Å². The summed E-state index contributed by atoms with van der Waals surface area (Å²) in [5, 5.41) is 11.0. The molecule has 0 spiro atoms. The van der Waals surface area contributed by atoms with Crippen molar-refractivity contribution < 1.29 is 22.6 Å². The molecule has 9 heteroatoms. The van der Waals surface area contributed by atoms with Crippen molar-refractivity contribution in [1.29, 1.82) is 0 Å². The van der Waals surface area contributed by atoms with Gasteiger partial charge in [0.25, 0.3) is 0 Å². The van der Waals surface area contributed by atoms with E-state index in [1.807, 2.05) is 0 Å². The van der Waals surface area contributed by atoms with Gasteiger partial charge >= 0.3 is 6.18 Å². The van der Waals surface area contributed by atoms with Crippen molar-refractivity contribution >= 4 is 5.82 Å². The number of fused-ring (bicyclic) bond motifs is 1. The smallest absolute Gasteiger partial charge is 0.410 e. The third-order valence-electron chi connectivity index (χ3n) is 6.06. The van der Waals surface area contributed by atoms with E-state index in [1.165, 1.54) is 14.2 Å². The number of halogens is 3. The van der Waals surface area contributed by atoms with Gasteiger partial charge in [-0.15, -0.1) is 0 Å². The van der Waals surface area contributed by atoms with Gasteiger partial charge in [0.1, 0.15) is 5.82 Å². The molecule has 0 bridgehead atoms. The van der Waals surface area contributed by atoms with Crippen LogP contribution in [0.5, 0.6) is 11.5 Å². The zero-order chi connectivity index (χ0) is 21.5. The SMILES string of the molecule is COc1ccc(C2CC(C(F)(F)F)n3nc(C4CCNC(C)C4)cc3N2)cc1OC. The molecule has 6 nitrogen and oxygen atoms in total. The van der Waals surface area contributed by atoms with Crippen LogP contribution in [0, 0.1) is 0 Å². The number of benzene rings is 1. The zero-order valence-electron chi connectivity index (χ0n) is 17.3. The van der Waals surface area contributed by atoms with Crippen molar-refractivity contribution in [2.45, 2.75) is 56.4 Å². The number of aromatic nitrogens is 2. The molecule has 3 heterocycles. The molecule has 2 aliphatic heterocycles. The predicted octanol–water partition coefficient (Wildman–Crippen LogP) is 4.42. The molecular weight excluding hydrogens is 397 g/mol. The second-order valence-electron chi connectivity index (χ2n) is 8.08. The molecule has 0 amide bonds. The number of rotatable bonds is 4. The molecule has 30 heavy (non-hydrogen) atoms. The van der Waals surface area contributed by atoms with Gasteiger partial charge in [-0.2, -0.15) is 18.3 Å². The molecule has 0 radical (unpaired) electrons. The third kappa shape index (κ3) is 3.95. The van der Waals surface area contributed by atoms with Crippen molar-refractivity contribution in [3.63, 3.8) is 0 Å². The van der Waals surface area contributed by atoms with E-state index in [0.717, 1.165) is 29.8 Å². The normalized spacial score (nSPS) is 26.6. The fraction of sp³-hybridized carbons (Fsp3) is 0.571. The molecule has 0 saturated carbocycles. The van der Waals surface area contributed by atoms with Gasteiger partial charge in [-0.25, -0.2) is 4.68 Å². The highest BCUT2D eigenvalue weighted by atomic mass is 19.4. The van der Waals surface area contributed by atoms with Crippen LogP contribution in [-0.4, -0.2) is 42.8 Å². The number of piperidine rings is 1. The largest absolute Gasteiger partial charge is 0.493 e. The Bertz CT molecular complexity index is 899. The van der Waals surface area contributed by atoms with E-state index in [1.54, 1.807) is 24.3 Å². The highest BCUT2D eigenvalue weighted by molar-refractivity contribution is 5.48. The van der Waals surface area contributed by atoms with E-state index in [-0.39, 0.29) is 12.3 Å². The molecule has 1 saturated heterocycles. The minimum atomic E-state index is -4.39. The van der Waals surface area contributed by atoms with Crippen LogP contribution in [0.4, 0.5) is 19.0 Å². The van der Waals surface area contributed by atoms with Gasteiger partial charge in [-0.05, 0) is 44.0 Å². The summed E-state index contributed by atoms with van der Waals surface area (Å²) >= 11 is 0. The van der Waals surface area contributed by atoms with Crippen LogP contribution in [-0.2, 0) is 0 Å². The molecule has 2 aromatic rings. The Kier molecular flexibility index (Phi) is 5.57. The van der Waals surface area contributed by atoms with Gasteiger partial charge in [0.2, 0.25) is 0 Å². The summed E-state index contributed by atoms with van der Waals surface area (Å²) in [5.74, 6) is 1.60. The van der Waals surface area contributed by atoms with Crippen LogP contribution >= 0.6 is 0 Å². The Morgan fingerprint density at radius 3 is 2.53 bits per heavy atom. The average Bonchev–Trinajstić information content (AvgIpc) is 3.16. The molecule has 2 aliphatic rings. The van der Waals surface area contributed by atoms with Gasteiger partial charge in [0.15, 0.2) is 17.5 Å². The average molecular weight is 424 g/mol. The molecule has 2 N–H and O–H groups in total. The highest BCUT2D eigenvalue weighted by Gasteiger charge is 2.47. The first kappa shape index (κ1) is 20.8. The highest BCUT2D eigenvalue weighted by Crippen LogP contribution is 2.45.